The number of halogens is 1. The van der Waals surface area contributed by atoms with Gasteiger partial charge in [0.2, 0.25) is 6.10 Å². The molecule has 27 heavy (non-hydrogen) atoms. The first kappa shape index (κ1) is 19.8. The lowest BCUT2D eigenvalue weighted by Gasteiger charge is -2.20. The molecule has 2 aromatic heterocycles. The minimum Gasteiger partial charge on any atom is -0.573 e. The zero-order chi connectivity index (χ0) is 19.3. The van der Waals surface area contributed by atoms with Gasteiger partial charge in [0.15, 0.2) is 0 Å². The van der Waals surface area contributed by atoms with Crippen LogP contribution in [0.5, 0.6) is 0 Å². The number of thiophene rings is 2. The van der Waals surface area contributed by atoms with Crippen molar-refractivity contribution in [1.29, 1.82) is 0 Å². The maximum atomic E-state index is 8.49. The molecule has 140 valence electrons. The molecule has 1 aromatic carbocycles. The summed E-state index contributed by atoms with van der Waals surface area (Å²) in [4.78, 5) is 2.51. The van der Waals surface area contributed by atoms with E-state index < -0.39 is 10.2 Å². The average molecular weight is 423 g/mol. The van der Waals surface area contributed by atoms with Crippen LogP contribution in [0.1, 0.15) is 21.4 Å². The largest absolute Gasteiger partial charge is 0.573 e. The lowest BCUT2D eigenvalue weighted by molar-refractivity contribution is -2.00. The monoisotopic (exact) mass is 422 g/mol. The third-order valence-corrected chi connectivity index (χ3v) is 5.46. The van der Waals surface area contributed by atoms with Gasteiger partial charge >= 0.3 is 0 Å². The molecule has 1 unspecified atom stereocenters. The fraction of sp³-hybridized carbons (Fsp3) is 0.0526. The zero-order valence-electron chi connectivity index (χ0n) is 13.9. The second-order valence-corrected chi connectivity index (χ2v) is 8.15. The summed E-state index contributed by atoms with van der Waals surface area (Å²) in [5.74, 6) is 1.08. The molecular formula is C19H15ClO5S2. The summed E-state index contributed by atoms with van der Waals surface area (Å²) in [6, 6.07) is 19.0. The zero-order valence-corrected chi connectivity index (χ0v) is 16.2. The van der Waals surface area contributed by atoms with Crippen LogP contribution in [0.25, 0.3) is 11.3 Å². The van der Waals surface area contributed by atoms with E-state index in [1.165, 1.54) is 20.9 Å². The van der Waals surface area contributed by atoms with Gasteiger partial charge in [-0.05, 0) is 34.0 Å². The van der Waals surface area contributed by atoms with Crippen LogP contribution in [0.4, 0.5) is 0 Å². The molecule has 0 saturated carbocycles. The van der Waals surface area contributed by atoms with Gasteiger partial charge in [-0.25, -0.2) is 18.6 Å². The molecule has 0 spiro atoms. The number of hydrogen-bond acceptors (Lipinski definition) is 6. The highest BCUT2D eigenvalue weighted by Gasteiger charge is 2.25. The van der Waals surface area contributed by atoms with E-state index in [2.05, 4.69) is 77.5 Å². The highest BCUT2D eigenvalue weighted by molar-refractivity contribution is 7.11. The first-order valence-electron chi connectivity index (χ1n) is 7.79. The van der Waals surface area contributed by atoms with Crippen molar-refractivity contribution < 1.29 is 33.6 Å². The molecule has 5 nitrogen and oxygen atoms in total. The Morgan fingerprint density at radius 2 is 1.48 bits per heavy atom. The van der Waals surface area contributed by atoms with Gasteiger partial charge in [0.25, 0.3) is 5.76 Å². The fourth-order valence-electron chi connectivity index (χ4n) is 2.56. The van der Waals surface area contributed by atoms with Crippen LogP contribution in [0.15, 0.2) is 77.5 Å². The molecule has 4 rings (SSSR count). The predicted octanol–water partition coefficient (Wildman–Crippen LogP) is 0.761. The van der Waals surface area contributed by atoms with Gasteiger partial charge in [-0.2, -0.15) is 0 Å². The number of rotatable bonds is 3. The topological polar surface area (TPSA) is 105 Å². The van der Waals surface area contributed by atoms with Crippen molar-refractivity contribution in [1.82, 2.24) is 0 Å². The summed E-state index contributed by atoms with van der Waals surface area (Å²) >= 11 is 3.50. The van der Waals surface area contributed by atoms with Crippen molar-refractivity contribution >= 4 is 34.0 Å². The second-order valence-electron chi connectivity index (χ2n) is 5.46. The van der Waals surface area contributed by atoms with Crippen molar-refractivity contribution in [2.24, 2.45) is 0 Å². The van der Waals surface area contributed by atoms with Crippen LogP contribution in [0.2, 0.25) is 0 Å². The number of hydrogen-bond donors (Lipinski definition) is 0. The van der Waals surface area contributed by atoms with E-state index in [1.807, 2.05) is 0 Å². The van der Waals surface area contributed by atoms with Crippen LogP contribution < -0.4 is 18.6 Å². The normalized spacial score (nSPS) is 16.5. The summed E-state index contributed by atoms with van der Waals surface area (Å²) in [7, 11) is -4.94. The molecule has 0 amide bonds. The van der Waals surface area contributed by atoms with Gasteiger partial charge in [0, 0.05) is 12.2 Å². The molecule has 1 aliphatic rings. The molecular weight excluding hydrogens is 408 g/mol. The van der Waals surface area contributed by atoms with Crippen molar-refractivity contribution in [3.63, 3.8) is 0 Å². The van der Waals surface area contributed by atoms with Gasteiger partial charge in [0.1, 0.15) is 4.88 Å². The Morgan fingerprint density at radius 1 is 0.815 bits per heavy atom. The summed E-state index contributed by atoms with van der Waals surface area (Å²) in [5, 5.41) is 4.22. The Labute approximate surface area is 166 Å². The molecule has 1 atom stereocenters. The molecule has 0 bridgehead atoms. The summed E-state index contributed by atoms with van der Waals surface area (Å²) < 4.78 is 38.9. The molecule has 3 aromatic rings. The van der Waals surface area contributed by atoms with Crippen LogP contribution in [-0.4, -0.2) is 4.74 Å². The number of benzene rings is 1. The summed E-state index contributed by atoms with van der Waals surface area (Å²) in [6.07, 6.45) is 4.57. The van der Waals surface area contributed by atoms with Crippen molar-refractivity contribution in [3.05, 3.63) is 92.8 Å². The summed E-state index contributed by atoms with van der Waals surface area (Å²) in [5.41, 5.74) is 2.49. The maximum Gasteiger partial charge on any atom is 0.273 e. The smallest absolute Gasteiger partial charge is 0.273 e. The van der Waals surface area contributed by atoms with Gasteiger partial charge in [-0.15, -0.1) is 32.9 Å². The number of aliphatic hydroxyl groups is 2. The Hall–Kier alpha value is -1.97. The molecule has 1 N–H and O–H groups in total. The SMILES string of the molecule is C1=C(c2ccccc2)C=C(c2cccs2)[OH+]C1c1cccs1.[O-][Cl+3]([O-])([O-])[O-]. The second kappa shape index (κ2) is 8.81. The molecule has 0 saturated heterocycles. The van der Waals surface area contributed by atoms with Gasteiger partial charge in [0.05, 0.1) is 4.88 Å². The maximum absolute atomic E-state index is 8.49. The highest BCUT2D eigenvalue weighted by Crippen LogP contribution is 2.37. The first-order valence-corrected chi connectivity index (χ1v) is 10.8. The van der Waals surface area contributed by atoms with E-state index in [1.54, 1.807) is 22.7 Å². The van der Waals surface area contributed by atoms with Crippen molar-refractivity contribution in [2.75, 3.05) is 0 Å². The van der Waals surface area contributed by atoms with Gasteiger partial charge in [-0.1, -0.05) is 42.5 Å². The van der Waals surface area contributed by atoms with E-state index in [4.69, 9.17) is 23.4 Å². The lowest BCUT2D eigenvalue weighted by atomic mass is 10.0. The Balaban J connectivity index is 0.000000376. The van der Waals surface area contributed by atoms with E-state index in [-0.39, 0.29) is 6.10 Å². The summed E-state index contributed by atoms with van der Waals surface area (Å²) in [6.45, 7) is 0. The average Bonchev–Trinajstić information content (AvgIpc) is 3.34. The minimum atomic E-state index is -4.94. The first-order chi connectivity index (χ1) is 12.9. The standard InChI is InChI=1S/C19H14OS2.ClHO4/c1-2-6-14(7-3-1)15-12-16(18-8-4-10-21-18)20-17(13-15)19-9-5-11-22-19;2-1(3,4)5/h1-13,16H;(H,2,3,4,5). The molecule has 1 aliphatic heterocycles. The van der Waals surface area contributed by atoms with Crippen molar-refractivity contribution in [3.8, 4) is 0 Å². The third-order valence-electron chi connectivity index (χ3n) is 3.62. The lowest BCUT2D eigenvalue weighted by Crippen LogP contribution is -2.68. The van der Waals surface area contributed by atoms with Crippen LogP contribution in [0.3, 0.4) is 0 Å². The molecule has 0 aliphatic carbocycles. The van der Waals surface area contributed by atoms with E-state index in [9.17, 15) is 0 Å². The van der Waals surface area contributed by atoms with E-state index in [0.717, 1.165) is 5.76 Å². The molecule has 8 heteroatoms. The van der Waals surface area contributed by atoms with Crippen LogP contribution >= 0.6 is 22.7 Å². The van der Waals surface area contributed by atoms with E-state index in [0.29, 0.717) is 0 Å². The van der Waals surface area contributed by atoms with Gasteiger partial charge < -0.3 is 4.74 Å². The number of ether oxygens (including phenoxy) is 1. The number of allylic oxidation sites excluding steroid dienone is 2. The van der Waals surface area contributed by atoms with Gasteiger partial charge in [-0.3, -0.25) is 0 Å². The highest BCUT2D eigenvalue weighted by atomic mass is 35.7. The van der Waals surface area contributed by atoms with E-state index >= 15 is 0 Å². The molecule has 0 radical (unpaired) electrons. The quantitative estimate of drug-likeness (QED) is 0.581. The minimum absolute atomic E-state index is 0.109. The predicted molar refractivity (Wildman–Crippen MR) is 96.0 cm³/mol. The Bertz CT molecular complexity index is 891. The third kappa shape index (κ3) is 6.02. The van der Waals surface area contributed by atoms with Crippen LogP contribution in [0, 0.1) is 10.2 Å². The fourth-order valence-corrected chi connectivity index (χ4v) is 3.99. The molecule has 3 heterocycles. The Kier molecular flexibility index (Phi) is 6.46. The van der Waals surface area contributed by atoms with Crippen molar-refractivity contribution in [2.45, 2.75) is 6.10 Å². The Morgan fingerprint density at radius 3 is 2.07 bits per heavy atom. The molecule has 0 fully saturated rings. The van der Waals surface area contributed by atoms with Crippen LogP contribution in [-0.2, 0) is 0 Å².